The monoisotopic (exact) mass is 1380 g/mol. The minimum atomic E-state index is -5.84. The van der Waals surface area contributed by atoms with Gasteiger partial charge in [0.15, 0.2) is 17.3 Å². The average Bonchev–Trinajstić information content (AvgIpc) is 1.36. The number of aliphatic hydroxyl groups excluding tert-OH is 1. The van der Waals surface area contributed by atoms with Crippen LogP contribution in [0.2, 0.25) is 0 Å². The quantitative estimate of drug-likeness (QED) is 0.00942. The van der Waals surface area contributed by atoms with Gasteiger partial charge in [0.05, 0.1) is 54.2 Å². The summed E-state index contributed by atoms with van der Waals surface area (Å²) in [4.78, 5) is 76.7. The Morgan fingerprint density at radius 1 is 0.935 bits per heavy atom. The maximum Gasteiger partial charge on any atom is 0.490 e. The van der Waals surface area contributed by atoms with Crippen LogP contribution in [0.1, 0.15) is 137 Å². The molecule has 0 saturated carbocycles. The van der Waals surface area contributed by atoms with Crippen LogP contribution in [0.5, 0.6) is 17.2 Å². The van der Waals surface area contributed by atoms with E-state index in [4.69, 9.17) is 28.7 Å². The minimum Gasteiger partial charge on any atom is -0.495 e. The molecule has 0 bridgehead atoms. The lowest BCUT2D eigenvalue weighted by Gasteiger charge is -2.35. The van der Waals surface area contributed by atoms with E-state index in [-0.39, 0.29) is 105 Å². The van der Waals surface area contributed by atoms with Crippen LogP contribution in [0.3, 0.4) is 0 Å². The van der Waals surface area contributed by atoms with Gasteiger partial charge >= 0.3 is 23.5 Å². The Labute approximate surface area is 529 Å². The number of fused-ring (bicyclic) bond motifs is 4. The number of methoxy groups -OCH3 is 1. The number of hydrogen-bond donors (Lipinski definition) is 8. The van der Waals surface area contributed by atoms with Crippen molar-refractivity contribution < 1.29 is 111 Å². The van der Waals surface area contributed by atoms with Crippen molar-refractivity contribution in [2.75, 3.05) is 20.3 Å². The van der Waals surface area contributed by atoms with Gasteiger partial charge < -0.3 is 53.8 Å². The Morgan fingerprint density at radius 2 is 1.59 bits per heavy atom. The van der Waals surface area contributed by atoms with Gasteiger partial charge in [-0.25, -0.2) is 13.7 Å². The van der Waals surface area contributed by atoms with E-state index in [0.29, 0.717) is 27.8 Å². The van der Waals surface area contributed by atoms with E-state index in [1.54, 1.807) is 63.2 Å². The SMILES string of the molecule is C=C1NC(=O)C(CO[C@H](c2cc(OC)c(C#CCCC(=O)c3ccc(C4=c5cc6c(c(S(=O)(=O)O)c5Oc5c4cc4c(c5S(=O)(=O)O)CC(C)C4(C)C)=CC(C)C6(C)C)cc3)cc2[N+](=O)[O-])C(C)(C)C)=CN1[C@H]1CC(O)[C@@H](COP(=O)(O)OP(=O)(O)OP(=O)(O)O)O1. The first-order valence-corrected chi connectivity index (χ1v) is 35.7. The van der Waals surface area contributed by atoms with Crippen molar-refractivity contribution in [2.45, 2.75) is 133 Å². The van der Waals surface area contributed by atoms with Gasteiger partial charge in [0.2, 0.25) is 0 Å². The Bertz CT molecular complexity index is 4430. The number of amides is 1. The van der Waals surface area contributed by atoms with Crippen LogP contribution in [0, 0.1) is 39.2 Å². The highest BCUT2D eigenvalue weighted by Gasteiger charge is 2.47. The Kier molecular flexibility index (Phi) is 18.9. The molecule has 3 heterocycles. The fourth-order valence-corrected chi connectivity index (χ4v) is 16.7. The summed E-state index contributed by atoms with van der Waals surface area (Å²) in [6, 6.07) is 12.5. The van der Waals surface area contributed by atoms with E-state index in [2.05, 4.69) is 36.9 Å². The molecule has 0 spiro atoms. The zero-order valence-corrected chi connectivity index (χ0v) is 55.5. The average molecular weight is 1380 g/mol. The molecule has 28 nitrogen and oxygen atoms in total. The third kappa shape index (κ3) is 14.1. The number of nitro benzene ring substituents is 1. The van der Waals surface area contributed by atoms with Crippen LogP contribution in [-0.4, -0.2) is 111 Å². The summed E-state index contributed by atoms with van der Waals surface area (Å²) in [6.45, 7) is 19.2. The molecule has 8 N–H and O–H groups in total. The zero-order valence-electron chi connectivity index (χ0n) is 51.2. The number of benzene rings is 4. The van der Waals surface area contributed by atoms with E-state index in [0.717, 1.165) is 0 Å². The highest BCUT2D eigenvalue weighted by Crippen LogP contribution is 2.66. The Hall–Kier alpha value is -6.29. The Balaban J connectivity index is 0.951. The van der Waals surface area contributed by atoms with E-state index >= 15 is 0 Å². The molecule has 5 aliphatic rings. The Morgan fingerprint density at radius 3 is 2.18 bits per heavy atom. The van der Waals surface area contributed by atoms with Crippen molar-refractivity contribution in [3.05, 3.63) is 138 Å². The fourth-order valence-electron chi connectivity index (χ4n) is 11.9. The number of nitrogens with zero attached hydrogens (tertiary/aromatic N) is 2. The molecule has 5 unspecified atom stereocenters. The summed E-state index contributed by atoms with van der Waals surface area (Å²) in [7, 11) is -25.9. The third-order valence-electron chi connectivity index (χ3n) is 17.3. The molecule has 1 fully saturated rings. The van der Waals surface area contributed by atoms with Crippen LogP contribution in [-0.2, 0) is 78.6 Å². The summed E-state index contributed by atoms with van der Waals surface area (Å²) in [5, 5.41) is 26.6. The van der Waals surface area contributed by atoms with Crippen LogP contribution in [0.4, 0.5) is 5.69 Å². The van der Waals surface area contributed by atoms with Crippen molar-refractivity contribution in [3.8, 4) is 29.1 Å². The molecule has 3 aliphatic heterocycles. The second kappa shape index (κ2) is 24.8. The molecule has 9 rings (SSSR count). The summed E-state index contributed by atoms with van der Waals surface area (Å²) in [5.41, 5.74) is 0.212. The van der Waals surface area contributed by atoms with E-state index < -0.39 is 124 Å². The van der Waals surface area contributed by atoms with Crippen molar-refractivity contribution in [1.29, 1.82) is 0 Å². The van der Waals surface area contributed by atoms with Gasteiger partial charge in [0.1, 0.15) is 33.7 Å². The first-order valence-electron chi connectivity index (χ1n) is 28.3. The minimum absolute atomic E-state index is 0.0366. The summed E-state index contributed by atoms with van der Waals surface area (Å²) < 4.78 is 147. The number of nitrogens with one attached hydrogen (secondary N) is 1. The second-order valence-corrected chi connectivity index (χ2v) is 32.2. The van der Waals surface area contributed by atoms with Gasteiger partial charge in [-0.05, 0) is 80.2 Å². The molecule has 2 aliphatic carbocycles. The van der Waals surface area contributed by atoms with E-state index in [1.807, 2.05) is 41.5 Å². The van der Waals surface area contributed by atoms with Gasteiger partial charge in [-0.15, -0.1) is 0 Å². The number of phosphoric ester groups is 1. The number of phosphoric acid groups is 3. The number of carbonyl (C=O) groups is 2. The van der Waals surface area contributed by atoms with Gasteiger partial charge in [-0.3, -0.25) is 33.3 Å². The maximum absolute atomic E-state index is 13.9. The number of Topliss-reactive ketones (excluding diaryl/α,β-unsaturated/α-hetero) is 1. The number of carbonyl (C=O) groups excluding carboxylic acids is 2. The maximum atomic E-state index is 13.9. The second-order valence-electron chi connectivity index (χ2n) is 25.1. The van der Waals surface area contributed by atoms with Crippen LogP contribution in [0.25, 0.3) is 11.6 Å². The van der Waals surface area contributed by atoms with Crippen molar-refractivity contribution in [1.82, 2.24) is 10.2 Å². The zero-order chi connectivity index (χ0) is 68.1. The molecule has 0 radical (unpaired) electrons. The molecule has 92 heavy (non-hydrogen) atoms. The number of aliphatic hydroxyl groups is 1. The lowest BCUT2D eigenvalue weighted by molar-refractivity contribution is -0.386. The van der Waals surface area contributed by atoms with Crippen molar-refractivity contribution >= 4 is 72.7 Å². The topological polar surface area (TPSA) is 418 Å². The molecule has 496 valence electrons. The number of hydrogen-bond acceptors (Lipinski definition) is 20. The summed E-state index contributed by atoms with van der Waals surface area (Å²) in [5.74, 6) is 3.80. The first-order chi connectivity index (χ1) is 42.3. The van der Waals surface area contributed by atoms with Gasteiger partial charge in [-0.1, -0.05) is 111 Å². The predicted molar refractivity (Wildman–Crippen MR) is 327 cm³/mol. The van der Waals surface area contributed by atoms with Crippen LogP contribution < -0.4 is 25.2 Å². The van der Waals surface area contributed by atoms with E-state index in [1.165, 1.54) is 30.3 Å². The number of nitro groups is 1. The van der Waals surface area contributed by atoms with Gasteiger partial charge in [0, 0.05) is 53.4 Å². The van der Waals surface area contributed by atoms with Crippen molar-refractivity contribution in [3.63, 3.8) is 0 Å². The summed E-state index contributed by atoms with van der Waals surface area (Å²) >= 11 is 0. The lowest BCUT2D eigenvalue weighted by Crippen LogP contribution is -2.44. The molecular formula is C59H68N3O25P3S2. The highest BCUT2D eigenvalue weighted by molar-refractivity contribution is 7.86. The molecule has 0 aromatic heterocycles. The largest absolute Gasteiger partial charge is 0.495 e. The van der Waals surface area contributed by atoms with Gasteiger partial charge in [0.25, 0.3) is 31.8 Å². The predicted octanol–water partition coefficient (Wildman–Crippen LogP) is 7.35. The standard InChI is InChI=1S/C59H68N3O25P3S2/c1-30-20-37-42(58(30,7)8)23-40-50(41-24-43-38(21-31(2)59(43,9)10)54(92(78,79)80)52(41)85-51(40)53(37)91(75,76)77)34-18-16-33(17-19-34)45(63)15-13-12-14-35-22-44(62(66)67)39(25-47(35)81-11)55(57(4,5)6)82-28-36-27-61(32(3)60-56(36)65)49-26-46(64)48(84-49)29-83-89(71,72)87-90(73,74)86-88(68,69)70/h16-20,22-25,27,30-31,46,48-49,55,64H,3,13,15,21,26,28-29H2,1-2,4-11H3,(H,60,65)(H,71,72)(H,73,74)(H2,68,69,70)(H,75,76,77)(H,78,79,80)/t30?,31?,46?,48-,49-,55-/m1/s1. The normalized spacial score (nSPS) is 22.4. The highest BCUT2D eigenvalue weighted by atomic mass is 32.2. The first kappa shape index (κ1) is 70.0. The smallest absolute Gasteiger partial charge is 0.490 e. The molecule has 4 aromatic carbocycles. The number of ketones is 1. The van der Waals surface area contributed by atoms with Gasteiger partial charge in [-0.2, -0.15) is 25.5 Å². The molecule has 1 saturated heterocycles. The lowest BCUT2D eigenvalue weighted by atomic mass is 9.77. The molecule has 4 aromatic rings. The van der Waals surface area contributed by atoms with Crippen molar-refractivity contribution in [2.24, 2.45) is 17.3 Å². The molecule has 33 heteroatoms. The molecular weight excluding hydrogens is 1310 g/mol. The fraction of sp³-hybridized carbons (Fsp3) is 0.424. The van der Waals surface area contributed by atoms with Crippen LogP contribution in [0.15, 0.2) is 82.5 Å². The number of rotatable bonds is 20. The molecule has 8 atom stereocenters. The summed E-state index contributed by atoms with van der Waals surface area (Å²) in [6.07, 6.45) is -2.33. The number of ether oxygens (including phenoxy) is 4. The third-order valence-corrected chi connectivity index (χ3v) is 22.9. The van der Waals surface area contributed by atoms with E-state index in [9.17, 15) is 74.2 Å². The molecule has 1 amide bonds. The van der Waals surface area contributed by atoms with Crippen LogP contribution >= 0.6 is 23.5 Å².